The maximum Gasteiger partial charge on any atom is 0.336 e. The second kappa shape index (κ2) is 5.68. The Morgan fingerprint density at radius 2 is 2.00 bits per heavy atom. The monoisotopic (exact) mass is 265 g/mol. The lowest BCUT2D eigenvalue weighted by atomic mass is 10.1. The van der Waals surface area contributed by atoms with Crippen LogP contribution in [0.3, 0.4) is 0 Å². The lowest BCUT2D eigenvalue weighted by Gasteiger charge is -2.20. The first-order valence-corrected chi connectivity index (χ1v) is 6.25. The normalized spacial score (nSPS) is 19.2. The van der Waals surface area contributed by atoms with Gasteiger partial charge in [0.2, 0.25) is 0 Å². The molecule has 6 heteroatoms. The predicted octanol–water partition coefficient (Wildman–Crippen LogP) is 1.72. The Hall–Kier alpha value is -1.82. The van der Waals surface area contributed by atoms with E-state index in [1.54, 1.807) is 12.1 Å². The molecule has 18 heavy (non-hydrogen) atoms. The zero-order valence-corrected chi connectivity index (χ0v) is 10.2. The number of esters is 2. The molecule has 1 aromatic carbocycles. The molecule has 1 saturated heterocycles. The van der Waals surface area contributed by atoms with Gasteiger partial charge in [-0.2, -0.15) is 0 Å². The van der Waals surface area contributed by atoms with Gasteiger partial charge in [0.25, 0.3) is 5.24 Å². The molecule has 0 aliphatic carbocycles. The van der Waals surface area contributed by atoms with Crippen LogP contribution in [0.15, 0.2) is 35.2 Å². The third kappa shape index (κ3) is 3.33. The summed E-state index contributed by atoms with van der Waals surface area (Å²) in [5.74, 6) is -1.23. The van der Waals surface area contributed by atoms with E-state index >= 15 is 0 Å². The molecule has 0 bridgehead atoms. The number of benzene rings is 1. The van der Waals surface area contributed by atoms with Gasteiger partial charge >= 0.3 is 11.9 Å². The van der Waals surface area contributed by atoms with Gasteiger partial charge in [-0.1, -0.05) is 18.2 Å². The number of hydrogen-bond donors (Lipinski definition) is 1. The minimum Gasteiger partial charge on any atom is -0.392 e. The Balaban J connectivity index is 1.88. The lowest BCUT2D eigenvalue weighted by molar-refractivity contribution is -0.164. The maximum atomic E-state index is 11.7. The van der Waals surface area contributed by atoms with Crippen LogP contribution >= 0.6 is 11.8 Å². The topological polar surface area (TPSA) is 72.5 Å². The number of carbonyl (C=O) groups excluding carboxylic acids is 3. The van der Waals surface area contributed by atoms with Crippen LogP contribution in [0.1, 0.15) is 12.8 Å². The summed E-state index contributed by atoms with van der Waals surface area (Å²) in [4.78, 5) is 34.6. The van der Waals surface area contributed by atoms with Crippen molar-refractivity contribution in [3.63, 3.8) is 0 Å². The van der Waals surface area contributed by atoms with Gasteiger partial charge in [-0.15, -0.1) is 0 Å². The number of hydrogen-bond acceptors (Lipinski definition) is 5. The summed E-state index contributed by atoms with van der Waals surface area (Å²) >= 11 is 0.997. The fourth-order valence-electron chi connectivity index (χ4n) is 1.51. The van der Waals surface area contributed by atoms with Crippen LogP contribution in [0.4, 0.5) is 4.79 Å². The third-order valence-corrected chi connectivity index (χ3v) is 3.19. The molecule has 0 radical (unpaired) electrons. The predicted molar refractivity (Wildman–Crippen MR) is 65.0 cm³/mol. The fourth-order valence-corrected chi connectivity index (χ4v) is 2.22. The standard InChI is InChI=1S/C12H11NO4S/c14-10-7-6-9(11(15)17-10)13-12(16)18-8-4-2-1-3-5-8/h1-5,9H,6-7H2,(H,13,16)/t9-/m1/s1. The Labute approximate surface area is 108 Å². The molecule has 0 saturated carbocycles. The second-order valence-corrected chi connectivity index (χ2v) is 4.78. The minimum atomic E-state index is -0.730. The summed E-state index contributed by atoms with van der Waals surface area (Å²) in [6.45, 7) is 0. The van der Waals surface area contributed by atoms with Crippen molar-refractivity contribution in [2.24, 2.45) is 0 Å². The summed E-state index contributed by atoms with van der Waals surface area (Å²) in [6, 6.07) is 8.37. The van der Waals surface area contributed by atoms with Gasteiger partial charge in [-0.05, 0) is 30.3 Å². The molecule has 94 valence electrons. The smallest absolute Gasteiger partial charge is 0.336 e. The first-order chi connectivity index (χ1) is 8.65. The molecule has 1 aliphatic heterocycles. The molecule has 0 aromatic heterocycles. The Morgan fingerprint density at radius 1 is 1.28 bits per heavy atom. The van der Waals surface area contributed by atoms with Gasteiger partial charge in [0.05, 0.1) is 0 Å². The number of cyclic esters (lactones) is 2. The number of ether oxygens (including phenoxy) is 1. The van der Waals surface area contributed by atoms with E-state index in [2.05, 4.69) is 10.1 Å². The summed E-state index contributed by atoms with van der Waals surface area (Å²) in [6.07, 6.45) is 0.436. The third-order valence-electron chi connectivity index (χ3n) is 2.38. The van der Waals surface area contributed by atoms with E-state index in [-0.39, 0.29) is 11.7 Å². The highest BCUT2D eigenvalue weighted by atomic mass is 32.2. The summed E-state index contributed by atoms with van der Waals surface area (Å²) in [7, 11) is 0. The number of nitrogens with one attached hydrogen (secondary N) is 1. The van der Waals surface area contributed by atoms with Crippen molar-refractivity contribution in [2.75, 3.05) is 0 Å². The van der Waals surface area contributed by atoms with Crippen molar-refractivity contribution in [3.05, 3.63) is 30.3 Å². The lowest BCUT2D eigenvalue weighted by Crippen LogP contribution is -2.44. The van der Waals surface area contributed by atoms with Crippen molar-refractivity contribution < 1.29 is 19.1 Å². The van der Waals surface area contributed by atoms with Crippen molar-refractivity contribution in [2.45, 2.75) is 23.8 Å². The molecule has 5 nitrogen and oxygen atoms in total. The van der Waals surface area contributed by atoms with Gasteiger partial charge in [-0.3, -0.25) is 9.59 Å². The first-order valence-electron chi connectivity index (χ1n) is 5.43. The van der Waals surface area contributed by atoms with Crippen LogP contribution in [0.25, 0.3) is 0 Å². The van der Waals surface area contributed by atoms with Crippen LogP contribution in [-0.4, -0.2) is 23.2 Å². The summed E-state index contributed by atoms with van der Waals surface area (Å²) < 4.78 is 4.45. The van der Waals surface area contributed by atoms with Gasteiger partial charge in [0.15, 0.2) is 0 Å². The van der Waals surface area contributed by atoms with Crippen LogP contribution in [-0.2, 0) is 14.3 Å². The Kier molecular flexibility index (Phi) is 3.99. The molecule has 1 N–H and O–H groups in total. The van der Waals surface area contributed by atoms with Gasteiger partial charge in [-0.25, -0.2) is 4.79 Å². The van der Waals surface area contributed by atoms with Crippen LogP contribution in [0.2, 0.25) is 0 Å². The maximum absolute atomic E-state index is 11.7. The minimum absolute atomic E-state index is 0.146. The van der Waals surface area contributed by atoms with E-state index in [9.17, 15) is 14.4 Å². The van der Waals surface area contributed by atoms with Crippen molar-refractivity contribution in [1.29, 1.82) is 0 Å². The molecule has 0 spiro atoms. The molecule has 0 unspecified atom stereocenters. The summed E-state index contributed by atoms with van der Waals surface area (Å²) in [5.41, 5.74) is 0. The Bertz CT molecular complexity index is 474. The molecule has 1 atom stereocenters. The molecule has 1 aliphatic rings. The zero-order valence-electron chi connectivity index (χ0n) is 9.42. The molecule has 1 aromatic rings. The van der Waals surface area contributed by atoms with Crippen LogP contribution in [0.5, 0.6) is 0 Å². The number of thioether (sulfide) groups is 1. The molecule has 1 heterocycles. The van der Waals surface area contributed by atoms with Crippen LogP contribution in [0, 0.1) is 0 Å². The SMILES string of the molecule is O=C1CC[C@@H](NC(=O)Sc2ccccc2)C(=O)O1. The highest BCUT2D eigenvalue weighted by Gasteiger charge is 2.30. The average Bonchev–Trinajstić information content (AvgIpc) is 2.34. The zero-order chi connectivity index (χ0) is 13.0. The largest absolute Gasteiger partial charge is 0.392 e. The summed E-state index contributed by atoms with van der Waals surface area (Å²) in [5, 5.41) is 2.20. The van der Waals surface area contributed by atoms with E-state index in [0.29, 0.717) is 6.42 Å². The van der Waals surface area contributed by atoms with E-state index in [4.69, 9.17) is 0 Å². The Morgan fingerprint density at radius 3 is 2.67 bits per heavy atom. The fraction of sp³-hybridized carbons (Fsp3) is 0.250. The van der Waals surface area contributed by atoms with Gasteiger partial charge < -0.3 is 10.1 Å². The quantitative estimate of drug-likeness (QED) is 0.501. The van der Waals surface area contributed by atoms with Gasteiger partial charge in [0.1, 0.15) is 6.04 Å². The van der Waals surface area contributed by atoms with E-state index in [0.717, 1.165) is 16.7 Å². The highest BCUT2D eigenvalue weighted by Crippen LogP contribution is 2.19. The van der Waals surface area contributed by atoms with Crippen molar-refractivity contribution >= 4 is 28.9 Å². The van der Waals surface area contributed by atoms with Crippen LogP contribution < -0.4 is 5.32 Å². The average molecular weight is 265 g/mol. The molecular weight excluding hydrogens is 254 g/mol. The van der Waals surface area contributed by atoms with E-state index in [1.165, 1.54) is 0 Å². The molecular formula is C12H11NO4S. The first kappa shape index (κ1) is 12.6. The number of amides is 1. The molecule has 1 fully saturated rings. The second-order valence-electron chi connectivity index (χ2n) is 3.73. The highest BCUT2D eigenvalue weighted by molar-refractivity contribution is 8.13. The van der Waals surface area contributed by atoms with E-state index < -0.39 is 18.0 Å². The van der Waals surface area contributed by atoms with E-state index in [1.807, 2.05) is 18.2 Å². The number of rotatable bonds is 2. The molecule has 1 amide bonds. The van der Waals surface area contributed by atoms with Gasteiger partial charge in [0, 0.05) is 11.3 Å². The van der Waals surface area contributed by atoms with Crippen molar-refractivity contribution in [1.82, 2.24) is 5.32 Å². The molecule has 2 rings (SSSR count). The number of carbonyl (C=O) groups is 3. The van der Waals surface area contributed by atoms with Crippen molar-refractivity contribution in [3.8, 4) is 0 Å².